The van der Waals surface area contributed by atoms with Crippen molar-refractivity contribution < 1.29 is 0 Å². The molecule has 0 bridgehead atoms. The van der Waals surface area contributed by atoms with Gasteiger partial charge in [-0.1, -0.05) is 41.9 Å². The molecule has 1 unspecified atom stereocenters. The highest BCUT2D eigenvalue weighted by atomic mass is 35.5. The van der Waals surface area contributed by atoms with Gasteiger partial charge in [0.1, 0.15) is 16.8 Å². The second-order valence-corrected chi connectivity index (χ2v) is 6.41. The van der Waals surface area contributed by atoms with E-state index in [0.29, 0.717) is 17.0 Å². The Labute approximate surface area is 130 Å². The topological polar surface area (TPSA) is 29.0 Å². The first-order valence-electron chi connectivity index (χ1n) is 7.64. The van der Waals surface area contributed by atoms with Gasteiger partial charge in [0.15, 0.2) is 0 Å². The summed E-state index contributed by atoms with van der Waals surface area (Å²) < 4.78 is 0. The summed E-state index contributed by atoms with van der Waals surface area (Å²) in [5.41, 5.74) is 1.42. The average molecular weight is 300 g/mol. The normalized spacial score (nSPS) is 21.8. The largest absolute Gasteiger partial charge is 0.356 e. The van der Waals surface area contributed by atoms with Crippen LogP contribution in [-0.2, 0) is 0 Å². The molecule has 3 nitrogen and oxygen atoms in total. The van der Waals surface area contributed by atoms with Crippen LogP contribution in [0.15, 0.2) is 36.4 Å². The minimum absolute atomic E-state index is 0.537. The minimum Gasteiger partial charge on any atom is -0.356 e. The fourth-order valence-corrected chi connectivity index (χ4v) is 3.26. The lowest BCUT2D eigenvalue weighted by Crippen LogP contribution is -2.21. The fourth-order valence-electron chi connectivity index (χ4n) is 3.07. The second-order valence-electron chi connectivity index (χ2n) is 6.02. The van der Waals surface area contributed by atoms with E-state index in [1.54, 1.807) is 0 Å². The molecule has 4 rings (SSSR count). The van der Waals surface area contributed by atoms with Crippen molar-refractivity contribution in [3.63, 3.8) is 0 Å². The van der Waals surface area contributed by atoms with Crippen molar-refractivity contribution in [1.82, 2.24) is 9.97 Å². The third-order valence-electron chi connectivity index (χ3n) is 4.42. The average Bonchev–Trinajstić information content (AvgIpc) is 3.24. The molecule has 108 valence electrons. The molecule has 21 heavy (non-hydrogen) atoms. The predicted molar refractivity (Wildman–Crippen MR) is 85.0 cm³/mol. The maximum atomic E-state index is 6.18. The molecule has 1 aliphatic heterocycles. The zero-order chi connectivity index (χ0) is 14.2. The Morgan fingerprint density at radius 1 is 1.00 bits per heavy atom. The van der Waals surface area contributed by atoms with Crippen molar-refractivity contribution >= 4 is 17.4 Å². The van der Waals surface area contributed by atoms with Gasteiger partial charge in [-0.05, 0) is 24.8 Å². The van der Waals surface area contributed by atoms with E-state index in [4.69, 9.17) is 16.6 Å². The first kappa shape index (κ1) is 13.1. The Balaban J connectivity index is 1.55. The Hall–Kier alpha value is -1.61. The Bertz CT molecular complexity index is 640. The molecule has 0 amide bonds. The lowest BCUT2D eigenvalue weighted by Gasteiger charge is -2.18. The van der Waals surface area contributed by atoms with Crippen molar-refractivity contribution in [1.29, 1.82) is 0 Å². The first-order valence-corrected chi connectivity index (χ1v) is 8.02. The van der Waals surface area contributed by atoms with Crippen LogP contribution in [0.1, 0.15) is 42.5 Å². The van der Waals surface area contributed by atoms with Crippen molar-refractivity contribution in [3.8, 4) is 0 Å². The van der Waals surface area contributed by atoms with Crippen molar-refractivity contribution in [2.24, 2.45) is 0 Å². The molecule has 0 N–H and O–H groups in total. The molecule has 0 spiro atoms. The summed E-state index contributed by atoms with van der Waals surface area (Å²) in [6, 6.07) is 12.6. The van der Waals surface area contributed by atoms with E-state index in [1.807, 2.05) is 6.07 Å². The molecule has 2 aromatic rings. The smallest absolute Gasteiger partial charge is 0.135 e. The molecular formula is C17H18ClN3. The first-order chi connectivity index (χ1) is 10.3. The molecular weight excluding hydrogens is 282 g/mol. The molecule has 1 aromatic heterocycles. The van der Waals surface area contributed by atoms with E-state index in [-0.39, 0.29) is 0 Å². The quantitative estimate of drug-likeness (QED) is 0.802. The molecule has 1 atom stereocenters. The van der Waals surface area contributed by atoms with Gasteiger partial charge >= 0.3 is 0 Å². The monoisotopic (exact) mass is 299 g/mol. The maximum absolute atomic E-state index is 6.18. The molecule has 1 saturated carbocycles. The standard InChI is InChI=1S/C17H18ClN3/c18-15-10-16(20-17(19-15)13-6-7-13)21-9-8-14(11-21)12-4-2-1-3-5-12/h1-5,10,13-14H,6-9,11H2. The summed E-state index contributed by atoms with van der Waals surface area (Å²) in [5, 5.41) is 0.574. The van der Waals surface area contributed by atoms with Crippen LogP contribution >= 0.6 is 11.6 Å². The summed E-state index contributed by atoms with van der Waals surface area (Å²) in [7, 11) is 0. The summed E-state index contributed by atoms with van der Waals surface area (Å²) in [6.07, 6.45) is 3.57. The number of nitrogens with zero attached hydrogens (tertiary/aromatic N) is 3. The van der Waals surface area contributed by atoms with Gasteiger partial charge in [-0.15, -0.1) is 0 Å². The van der Waals surface area contributed by atoms with E-state index in [1.165, 1.54) is 24.8 Å². The number of halogens is 1. The molecule has 1 aromatic carbocycles. The number of aromatic nitrogens is 2. The Morgan fingerprint density at radius 3 is 2.57 bits per heavy atom. The number of benzene rings is 1. The molecule has 4 heteroatoms. The third kappa shape index (κ3) is 2.75. The van der Waals surface area contributed by atoms with Gasteiger partial charge in [-0.25, -0.2) is 9.97 Å². The van der Waals surface area contributed by atoms with E-state index in [0.717, 1.165) is 24.7 Å². The summed E-state index contributed by atoms with van der Waals surface area (Å²) >= 11 is 6.18. The van der Waals surface area contributed by atoms with E-state index < -0.39 is 0 Å². The van der Waals surface area contributed by atoms with E-state index >= 15 is 0 Å². The molecule has 2 fully saturated rings. The van der Waals surface area contributed by atoms with Gasteiger partial charge in [0, 0.05) is 31.0 Å². The van der Waals surface area contributed by atoms with Gasteiger partial charge in [0.05, 0.1) is 0 Å². The van der Waals surface area contributed by atoms with Crippen LogP contribution in [0.2, 0.25) is 5.15 Å². The lowest BCUT2D eigenvalue weighted by molar-refractivity contribution is 0.773. The van der Waals surface area contributed by atoms with Gasteiger partial charge in [0.2, 0.25) is 0 Å². The molecule has 1 aliphatic carbocycles. The second kappa shape index (κ2) is 5.30. The number of anilines is 1. The highest BCUT2D eigenvalue weighted by Crippen LogP contribution is 2.39. The van der Waals surface area contributed by atoms with Crippen LogP contribution in [0.4, 0.5) is 5.82 Å². The van der Waals surface area contributed by atoms with Crippen LogP contribution in [0, 0.1) is 0 Å². The van der Waals surface area contributed by atoms with Gasteiger partial charge in [-0.2, -0.15) is 0 Å². The number of hydrogen-bond donors (Lipinski definition) is 0. The van der Waals surface area contributed by atoms with E-state index in [2.05, 4.69) is 40.2 Å². The highest BCUT2D eigenvalue weighted by molar-refractivity contribution is 6.29. The summed E-state index contributed by atoms with van der Waals surface area (Å²) in [4.78, 5) is 11.5. The van der Waals surface area contributed by atoms with Crippen LogP contribution in [0.25, 0.3) is 0 Å². The number of hydrogen-bond acceptors (Lipinski definition) is 3. The molecule has 0 radical (unpaired) electrons. The maximum Gasteiger partial charge on any atom is 0.135 e. The van der Waals surface area contributed by atoms with Crippen LogP contribution in [-0.4, -0.2) is 23.1 Å². The van der Waals surface area contributed by atoms with Crippen LogP contribution < -0.4 is 4.90 Å². The minimum atomic E-state index is 0.537. The molecule has 1 saturated heterocycles. The van der Waals surface area contributed by atoms with Crippen LogP contribution in [0.3, 0.4) is 0 Å². The zero-order valence-corrected chi connectivity index (χ0v) is 12.6. The van der Waals surface area contributed by atoms with Crippen molar-refractivity contribution in [3.05, 3.63) is 52.9 Å². The van der Waals surface area contributed by atoms with Crippen molar-refractivity contribution in [2.45, 2.75) is 31.1 Å². The van der Waals surface area contributed by atoms with E-state index in [9.17, 15) is 0 Å². The Morgan fingerprint density at radius 2 is 1.81 bits per heavy atom. The SMILES string of the molecule is Clc1cc(N2CCC(c3ccccc3)C2)nc(C2CC2)n1. The fraction of sp³-hybridized carbons (Fsp3) is 0.412. The number of rotatable bonds is 3. The van der Waals surface area contributed by atoms with Gasteiger partial charge < -0.3 is 4.90 Å². The van der Waals surface area contributed by atoms with Gasteiger partial charge in [-0.3, -0.25) is 0 Å². The van der Waals surface area contributed by atoms with Crippen LogP contribution in [0.5, 0.6) is 0 Å². The zero-order valence-electron chi connectivity index (χ0n) is 11.9. The lowest BCUT2D eigenvalue weighted by atomic mass is 9.99. The Kier molecular flexibility index (Phi) is 3.30. The van der Waals surface area contributed by atoms with Gasteiger partial charge in [0.25, 0.3) is 0 Å². The summed E-state index contributed by atoms with van der Waals surface area (Å²) in [6.45, 7) is 2.05. The van der Waals surface area contributed by atoms with Crippen molar-refractivity contribution in [2.75, 3.05) is 18.0 Å². The third-order valence-corrected chi connectivity index (χ3v) is 4.62. The highest BCUT2D eigenvalue weighted by Gasteiger charge is 2.29. The molecule has 2 heterocycles. The summed E-state index contributed by atoms with van der Waals surface area (Å²) in [5.74, 6) is 3.05. The predicted octanol–water partition coefficient (Wildman–Crippen LogP) is 4.00. The molecule has 2 aliphatic rings.